The van der Waals surface area contributed by atoms with Crippen LogP contribution >= 0.6 is 11.3 Å². The maximum Gasteiger partial charge on any atom is 0.357 e. The van der Waals surface area contributed by atoms with Crippen molar-refractivity contribution in [1.82, 2.24) is 4.98 Å². The molecule has 1 aromatic carbocycles. The first-order valence-electron chi connectivity index (χ1n) is 5.34. The number of benzene rings is 1. The van der Waals surface area contributed by atoms with E-state index in [0.717, 1.165) is 10.4 Å². The van der Waals surface area contributed by atoms with Crippen LogP contribution < -0.4 is 0 Å². The monoisotopic (exact) mass is 265 g/mol. The van der Waals surface area contributed by atoms with Gasteiger partial charge in [0.2, 0.25) is 0 Å². The maximum atomic E-state index is 13.3. The number of halogens is 1. The third kappa shape index (κ3) is 2.41. The summed E-state index contributed by atoms with van der Waals surface area (Å²) in [5.41, 5.74) is 1.78. The average molecular weight is 265 g/mol. The number of aromatic nitrogens is 1. The molecule has 94 valence electrons. The number of aryl methyl sites for hydroxylation is 2. The Labute approximate surface area is 108 Å². The van der Waals surface area contributed by atoms with Gasteiger partial charge in [0.25, 0.3) is 0 Å². The summed E-state index contributed by atoms with van der Waals surface area (Å²) in [6.07, 6.45) is 0. The first-order valence-corrected chi connectivity index (χ1v) is 6.16. The lowest BCUT2D eigenvalue weighted by atomic mass is 10.1. The lowest BCUT2D eigenvalue weighted by Crippen LogP contribution is -2.03. The molecule has 0 fully saturated rings. The quantitative estimate of drug-likeness (QED) is 0.782. The summed E-state index contributed by atoms with van der Waals surface area (Å²) in [5, 5.41) is 0.621. The van der Waals surface area contributed by atoms with Crippen LogP contribution in [0.25, 0.3) is 10.6 Å². The number of hydrogen-bond donors (Lipinski definition) is 0. The van der Waals surface area contributed by atoms with Gasteiger partial charge < -0.3 is 4.74 Å². The van der Waals surface area contributed by atoms with Crippen molar-refractivity contribution in [2.24, 2.45) is 0 Å². The molecule has 0 spiro atoms. The SMILES string of the molecule is COC(=O)c1nc(-c2cc(C)cc(F)c2)sc1C. The van der Waals surface area contributed by atoms with Gasteiger partial charge in [0.05, 0.1) is 7.11 Å². The van der Waals surface area contributed by atoms with Crippen LogP contribution in [0.15, 0.2) is 18.2 Å². The molecule has 0 aliphatic heterocycles. The van der Waals surface area contributed by atoms with Crippen LogP contribution in [0, 0.1) is 19.7 Å². The fourth-order valence-electron chi connectivity index (χ4n) is 1.67. The van der Waals surface area contributed by atoms with E-state index >= 15 is 0 Å². The van der Waals surface area contributed by atoms with Crippen molar-refractivity contribution >= 4 is 17.3 Å². The molecule has 2 aromatic rings. The van der Waals surface area contributed by atoms with Gasteiger partial charge in [-0.2, -0.15) is 0 Å². The predicted octanol–water partition coefficient (Wildman–Crippen LogP) is 3.35. The molecule has 0 aliphatic rings. The van der Waals surface area contributed by atoms with E-state index in [4.69, 9.17) is 0 Å². The fourth-order valence-corrected chi connectivity index (χ4v) is 2.55. The number of esters is 1. The Morgan fingerprint density at radius 3 is 2.67 bits per heavy atom. The zero-order chi connectivity index (χ0) is 13.3. The number of methoxy groups -OCH3 is 1. The summed E-state index contributed by atoms with van der Waals surface area (Å²) in [4.78, 5) is 16.4. The molecule has 0 aliphatic carbocycles. The van der Waals surface area contributed by atoms with Crippen molar-refractivity contribution in [3.63, 3.8) is 0 Å². The van der Waals surface area contributed by atoms with Gasteiger partial charge in [0.1, 0.15) is 10.8 Å². The van der Waals surface area contributed by atoms with Crippen molar-refractivity contribution < 1.29 is 13.9 Å². The second-order valence-corrected chi connectivity index (χ2v) is 5.14. The molecule has 5 heteroatoms. The largest absolute Gasteiger partial charge is 0.464 e. The minimum absolute atomic E-state index is 0.291. The van der Waals surface area contributed by atoms with Crippen LogP contribution in [0.3, 0.4) is 0 Å². The normalized spacial score (nSPS) is 10.4. The van der Waals surface area contributed by atoms with Crippen LogP contribution in [0.1, 0.15) is 20.9 Å². The summed E-state index contributed by atoms with van der Waals surface area (Å²) >= 11 is 1.35. The Bertz CT molecular complexity index is 587. The van der Waals surface area contributed by atoms with E-state index in [0.29, 0.717) is 16.3 Å². The summed E-state index contributed by atoms with van der Waals surface area (Å²) in [7, 11) is 1.31. The Kier molecular flexibility index (Phi) is 3.43. The predicted molar refractivity (Wildman–Crippen MR) is 68.3 cm³/mol. The molecule has 2 rings (SSSR count). The smallest absolute Gasteiger partial charge is 0.357 e. The number of thiazole rings is 1. The molecule has 0 atom stereocenters. The molecule has 1 heterocycles. The molecule has 1 aromatic heterocycles. The highest BCUT2D eigenvalue weighted by molar-refractivity contribution is 7.15. The van der Waals surface area contributed by atoms with E-state index in [1.54, 1.807) is 6.92 Å². The summed E-state index contributed by atoms with van der Waals surface area (Å²) in [5.74, 6) is -0.777. The number of hydrogen-bond acceptors (Lipinski definition) is 4. The van der Waals surface area contributed by atoms with Crippen molar-refractivity contribution in [3.8, 4) is 10.6 Å². The number of rotatable bonds is 2. The number of carbonyl (C=O) groups is 1. The van der Waals surface area contributed by atoms with Crippen molar-refractivity contribution in [1.29, 1.82) is 0 Å². The Balaban J connectivity index is 2.48. The second-order valence-electron chi connectivity index (χ2n) is 3.93. The average Bonchev–Trinajstić information content (AvgIpc) is 2.69. The number of carbonyl (C=O) groups excluding carboxylic acids is 1. The van der Waals surface area contributed by atoms with E-state index in [9.17, 15) is 9.18 Å². The van der Waals surface area contributed by atoms with Crippen LogP contribution in [-0.4, -0.2) is 18.1 Å². The Hall–Kier alpha value is -1.75. The molecule has 0 N–H and O–H groups in total. The van der Waals surface area contributed by atoms with Crippen LogP contribution in [0.5, 0.6) is 0 Å². The van der Waals surface area contributed by atoms with E-state index in [1.807, 2.05) is 13.0 Å². The number of ether oxygens (including phenoxy) is 1. The molecule has 0 saturated heterocycles. The molecular formula is C13H12FNO2S. The maximum absolute atomic E-state index is 13.3. The van der Waals surface area contributed by atoms with Gasteiger partial charge in [-0.3, -0.25) is 0 Å². The van der Waals surface area contributed by atoms with Gasteiger partial charge in [-0.1, -0.05) is 0 Å². The van der Waals surface area contributed by atoms with Crippen molar-refractivity contribution in [2.45, 2.75) is 13.8 Å². The van der Waals surface area contributed by atoms with E-state index in [-0.39, 0.29) is 5.82 Å². The topological polar surface area (TPSA) is 39.2 Å². The van der Waals surface area contributed by atoms with E-state index < -0.39 is 5.97 Å². The summed E-state index contributed by atoms with van der Waals surface area (Å²) in [6, 6.07) is 4.69. The van der Waals surface area contributed by atoms with Gasteiger partial charge in [0.15, 0.2) is 5.69 Å². The summed E-state index contributed by atoms with van der Waals surface area (Å²) in [6.45, 7) is 3.60. The lowest BCUT2D eigenvalue weighted by Gasteiger charge is -1.99. The molecular weight excluding hydrogens is 253 g/mol. The Morgan fingerprint density at radius 2 is 2.06 bits per heavy atom. The minimum Gasteiger partial charge on any atom is -0.464 e. The molecule has 0 saturated carbocycles. The fraction of sp³-hybridized carbons (Fsp3) is 0.231. The minimum atomic E-state index is -0.469. The van der Waals surface area contributed by atoms with Crippen LogP contribution in [-0.2, 0) is 4.74 Å². The van der Waals surface area contributed by atoms with Crippen LogP contribution in [0.4, 0.5) is 4.39 Å². The van der Waals surface area contributed by atoms with Gasteiger partial charge >= 0.3 is 5.97 Å². The lowest BCUT2D eigenvalue weighted by molar-refractivity contribution is 0.0594. The molecule has 0 bridgehead atoms. The van der Waals surface area contributed by atoms with Gasteiger partial charge in [-0.15, -0.1) is 11.3 Å². The molecule has 0 radical (unpaired) electrons. The zero-order valence-electron chi connectivity index (χ0n) is 10.3. The van der Waals surface area contributed by atoms with Gasteiger partial charge in [-0.25, -0.2) is 14.2 Å². The zero-order valence-corrected chi connectivity index (χ0v) is 11.1. The van der Waals surface area contributed by atoms with Gasteiger partial charge in [-0.05, 0) is 37.6 Å². The highest BCUT2D eigenvalue weighted by Crippen LogP contribution is 2.29. The Morgan fingerprint density at radius 1 is 1.33 bits per heavy atom. The summed E-state index contributed by atoms with van der Waals surface area (Å²) < 4.78 is 18.0. The first-order chi connectivity index (χ1) is 8.51. The highest BCUT2D eigenvalue weighted by Gasteiger charge is 2.17. The third-order valence-electron chi connectivity index (χ3n) is 2.46. The molecule has 0 amide bonds. The highest BCUT2D eigenvalue weighted by atomic mass is 32.1. The van der Waals surface area contributed by atoms with E-state index in [2.05, 4.69) is 9.72 Å². The molecule has 3 nitrogen and oxygen atoms in total. The first kappa shape index (κ1) is 12.7. The van der Waals surface area contributed by atoms with Gasteiger partial charge in [0, 0.05) is 10.4 Å². The van der Waals surface area contributed by atoms with Crippen molar-refractivity contribution in [3.05, 3.63) is 40.2 Å². The number of nitrogens with zero attached hydrogens (tertiary/aromatic N) is 1. The van der Waals surface area contributed by atoms with E-state index in [1.165, 1.54) is 30.6 Å². The van der Waals surface area contributed by atoms with Crippen LogP contribution in [0.2, 0.25) is 0 Å². The molecule has 0 unspecified atom stereocenters. The standard InChI is InChI=1S/C13H12FNO2S/c1-7-4-9(6-10(14)5-7)12-15-11(8(2)18-12)13(16)17-3/h4-6H,1-3H3. The second kappa shape index (κ2) is 4.86. The molecule has 18 heavy (non-hydrogen) atoms. The van der Waals surface area contributed by atoms with Crippen molar-refractivity contribution in [2.75, 3.05) is 7.11 Å². The third-order valence-corrected chi connectivity index (χ3v) is 3.48.